The van der Waals surface area contributed by atoms with Crippen molar-refractivity contribution in [2.45, 2.75) is 6.10 Å². The molecule has 110 valence electrons. The summed E-state index contributed by atoms with van der Waals surface area (Å²) in [4.78, 5) is 12.0. The molecule has 0 saturated heterocycles. The molecule has 0 saturated carbocycles. The molecule has 0 aliphatic heterocycles. The maximum Gasteiger partial charge on any atom is 0.252 e. The van der Waals surface area contributed by atoms with E-state index in [2.05, 4.69) is 5.32 Å². The molecule has 6 heteroatoms. The molecule has 0 spiro atoms. The maximum atomic E-state index is 12.0. The molecule has 1 atom stereocenters. The molecule has 0 heterocycles. The SMILES string of the molecule is O=C(NCC(O)c1ccccc1Cl)c1ccc(Cl)cc1Cl. The van der Waals surface area contributed by atoms with Crippen LogP contribution < -0.4 is 5.32 Å². The highest BCUT2D eigenvalue weighted by Gasteiger charge is 2.15. The van der Waals surface area contributed by atoms with Crippen LogP contribution in [0.2, 0.25) is 15.1 Å². The van der Waals surface area contributed by atoms with Crippen molar-refractivity contribution in [2.75, 3.05) is 6.54 Å². The number of hydrogen-bond donors (Lipinski definition) is 2. The summed E-state index contributed by atoms with van der Waals surface area (Å²) in [6.07, 6.45) is -0.895. The van der Waals surface area contributed by atoms with Gasteiger partial charge in [0.05, 0.1) is 16.7 Å². The first kappa shape index (κ1) is 16.1. The number of aliphatic hydroxyl groups excluding tert-OH is 1. The van der Waals surface area contributed by atoms with Crippen LogP contribution in [0.25, 0.3) is 0 Å². The van der Waals surface area contributed by atoms with E-state index in [1.807, 2.05) is 0 Å². The zero-order valence-corrected chi connectivity index (χ0v) is 13.1. The van der Waals surface area contributed by atoms with Gasteiger partial charge >= 0.3 is 0 Å². The van der Waals surface area contributed by atoms with Crippen molar-refractivity contribution in [1.29, 1.82) is 0 Å². The lowest BCUT2D eigenvalue weighted by molar-refractivity contribution is 0.0916. The molecular weight excluding hydrogens is 333 g/mol. The molecule has 1 amide bonds. The van der Waals surface area contributed by atoms with Gasteiger partial charge in [-0.2, -0.15) is 0 Å². The Morgan fingerprint density at radius 3 is 2.48 bits per heavy atom. The van der Waals surface area contributed by atoms with Gasteiger partial charge in [0.1, 0.15) is 0 Å². The molecular formula is C15H12Cl3NO2. The normalized spacial score (nSPS) is 12.0. The summed E-state index contributed by atoms with van der Waals surface area (Å²) in [6.45, 7) is 0.0293. The van der Waals surface area contributed by atoms with Gasteiger partial charge in [-0.05, 0) is 24.3 Å². The van der Waals surface area contributed by atoms with Crippen LogP contribution in [0.5, 0.6) is 0 Å². The van der Waals surface area contributed by atoms with E-state index in [9.17, 15) is 9.90 Å². The van der Waals surface area contributed by atoms with Crippen molar-refractivity contribution >= 4 is 40.7 Å². The van der Waals surface area contributed by atoms with Gasteiger partial charge in [0, 0.05) is 22.2 Å². The van der Waals surface area contributed by atoms with Crippen LogP contribution >= 0.6 is 34.8 Å². The van der Waals surface area contributed by atoms with E-state index in [4.69, 9.17) is 34.8 Å². The van der Waals surface area contributed by atoms with E-state index in [1.165, 1.54) is 12.1 Å². The summed E-state index contributed by atoms with van der Waals surface area (Å²) < 4.78 is 0. The number of halogens is 3. The van der Waals surface area contributed by atoms with E-state index in [1.54, 1.807) is 30.3 Å². The third kappa shape index (κ3) is 4.11. The van der Waals surface area contributed by atoms with Crippen molar-refractivity contribution in [3.8, 4) is 0 Å². The Kier molecular flexibility index (Phi) is 5.48. The fourth-order valence-electron chi connectivity index (χ4n) is 1.81. The number of aliphatic hydroxyl groups is 1. The quantitative estimate of drug-likeness (QED) is 0.877. The maximum absolute atomic E-state index is 12.0. The highest BCUT2D eigenvalue weighted by molar-refractivity contribution is 6.36. The minimum atomic E-state index is -0.895. The second kappa shape index (κ2) is 7.14. The Balaban J connectivity index is 2.02. The van der Waals surface area contributed by atoms with Crippen LogP contribution in [-0.2, 0) is 0 Å². The number of benzene rings is 2. The van der Waals surface area contributed by atoms with Gasteiger partial charge in [0.25, 0.3) is 5.91 Å². The van der Waals surface area contributed by atoms with Gasteiger partial charge in [-0.15, -0.1) is 0 Å². The fourth-order valence-corrected chi connectivity index (χ4v) is 2.57. The topological polar surface area (TPSA) is 49.3 Å². The van der Waals surface area contributed by atoms with Crippen LogP contribution in [0.4, 0.5) is 0 Å². The van der Waals surface area contributed by atoms with E-state index in [0.29, 0.717) is 21.2 Å². The van der Waals surface area contributed by atoms with Gasteiger partial charge in [0.15, 0.2) is 0 Å². The highest BCUT2D eigenvalue weighted by atomic mass is 35.5. The lowest BCUT2D eigenvalue weighted by atomic mass is 10.1. The predicted octanol–water partition coefficient (Wildman–Crippen LogP) is 4.11. The van der Waals surface area contributed by atoms with E-state index in [-0.39, 0.29) is 17.5 Å². The first-order chi connectivity index (χ1) is 9.99. The molecule has 1 unspecified atom stereocenters. The van der Waals surface area contributed by atoms with Crippen molar-refractivity contribution in [1.82, 2.24) is 5.32 Å². The Hall–Kier alpha value is -1.26. The Morgan fingerprint density at radius 2 is 1.81 bits per heavy atom. The number of amides is 1. The summed E-state index contributed by atoms with van der Waals surface area (Å²) in [5.74, 6) is -0.386. The van der Waals surface area contributed by atoms with Crippen LogP contribution in [-0.4, -0.2) is 17.6 Å². The second-order valence-corrected chi connectivity index (χ2v) is 5.62. The van der Waals surface area contributed by atoms with E-state index >= 15 is 0 Å². The monoisotopic (exact) mass is 343 g/mol. The molecule has 0 fully saturated rings. The first-order valence-electron chi connectivity index (χ1n) is 6.15. The minimum Gasteiger partial charge on any atom is -0.387 e. The van der Waals surface area contributed by atoms with Crippen molar-refractivity contribution in [3.05, 3.63) is 68.7 Å². The Bertz CT molecular complexity index is 661. The summed E-state index contributed by atoms with van der Waals surface area (Å²) in [5.41, 5.74) is 0.856. The molecule has 0 aliphatic carbocycles. The summed E-state index contributed by atoms with van der Waals surface area (Å²) in [7, 11) is 0. The zero-order chi connectivity index (χ0) is 15.4. The molecule has 0 bridgehead atoms. The minimum absolute atomic E-state index is 0.0293. The lowest BCUT2D eigenvalue weighted by Gasteiger charge is -2.14. The molecule has 3 nitrogen and oxygen atoms in total. The second-order valence-electron chi connectivity index (χ2n) is 4.37. The highest BCUT2D eigenvalue weighted by Crippen LogP contribution is 2.23. The summed E-state index contributed by atoms with van der Waals surface area (Å²) in [5, 5.41) is 13.8. The smallest absolute Gasteiger partial charge is 0.252 e. The van der Waals surface area contributed by atoms with Gasteiger partial charge in [-0.25, -0.2) is 0 Å². The average molecular weight is 345 g/mol. The molecule has 21 heavy (non-hydrogen) atoms. The Labute approximate surface area is 137 Å². The first-order valence-corrected chi connectivity index (χ1v) is 7.28. The number of rotatable bonds is 4. The molecule has 2 rings (SSSR count). The van der Waals surface area contributed by atoms with Crippen molar-refractivity contribution in [2.24, 2.45) is 0 Å². The van der Waals surface area contributed by atoms with Gasteiger partial charge in [-0.3, -0.25) is 4.79 Å². The summed E-state index contributed by atoms with van der Waals surface area (Å²) >= 11 is 17.7. The Morgan fingerprint density at radius 1 is 1.10 bits per heavy atom. The largest absolute Gasteiger partial charge is 0.387 e. The third-order valence-electron chi connectivity index (χ3n) is 2.90. The van der Waals surface area contributed by atoms with Crippen LogP contribution in [0.1, 0.15) is 22.0 Å². The zero-order valence-electron chi connectivity index (χ0n) is 10.8. The van der Waals surface area contributed by atoms with Gasteiger partial charge in [-0.1, -0.05) is 53.0 Å². The molecule has 0 radical (unpaired) electrons. The predicted molar refractivity (Wildman–Crippen MR) is 85.2 cm³/mol. The van der Waals surface area contributed by atoms with E-state index in [0.717, 1.165) is 0 Å². The average Bonchev–Trinajstić information content (AvgIpc) is 2.45. The summed E-state index contributed by atoms with van der Waals surface area (Å²) in [6, 6.07) is 11.5. The van der Waals surface area contributed by atoms with Gasteiger partial charge < -0.3 is 10.4 Å². The molecule has 0 aromatic heterocycles. The van der Waals surface area contributed by atoms with Crippen LogP contribution in [0, 0.1) is 0 Å². The number of hydrogen-bond acceptors (Lipinski definition) is 2. The molecule has 2 N–H and O–H groups in total. The third-order valence-corrected chi connectivity index (χ3v) is 3.79. The van der Waals surface area contributed by atoms with Crippen molar-refractivity contribution in [3.63, 3.8) is 0 Å². The molecule has 2 aromatic rings. The van der Waals surface area contributed by atoms with Crippen LogP contribution in [0.3, 0.4) is 0 Å². The molecule has 0 aliphatic rings. The van der Waals surface area contributed by atoms with Gasteiger partial charge in [0.2, 0.25) is 0 Å². The van der Waals surface area contributed by atoms with Crippen LogP contribution in [0.15, 0.2) is 42.5 Å². The van der Waals surface area contributed by atoms with Crippen molar-refractivity contribution < 1.29 is 9.90 Å². The lowest BCUT2D eigenvalue weighted by Crippen LogP contribution is -2.28. The number of carbonyl (C=O) groups excluding carboxylic acids is 1. The molecule has 2 aromatic carbocycles. The number of nitrogens with one attached hydrogen (secondary N) is 1. The number of carbonyl (C=O) groups is 1. The standard InChI is InChI=1S/C15H12Cl3NO2/c16-9-5-6-11(13(18)7-9)15(21)19-8-14(20)10-3-1-2-4-12(10)17/h1-7,14,20H,8H2,(H,19,21). The fraction of sp³-hybridized carbons (Fsp3) is 0.133. The van der Waals surface area contributed by atoms with E-state index < -0.39 is 6.10 Å².